The molecule has 8 nitrogen and oxygen atoms in total. The number of aromatic nitrogens is 1. The second kappa shape index (κ2) is 10.9. The Morgan fingerprint density at radius 3 is 2.39 bits per heavy atom. The summed E-state index contributed by atoms with van der Waals surface area (Å²) in [5.74, 6) is -1.74. The topological polar surface area (TPSA) is 121 Å². The molecule has 0 fully saturated rings. The number of ether oxygens (including phenoxy) is 1. The molecule has 9 heteroatoms. The smallest absolute Gasteiger partial charge is 0.408 e. The molecule has 0 radical (unpaired) electrons. The van der Waals surface area contributed by atoms with Gasteiger partial charge in [0.2, 0.25) is 5.91 Å². The predicted octanol–water partition coefficient (Wildman–Crippen LogP) is 5.66. The molecular formula is C32H32ClN3O5. The fraction of sp³-hybridized carbons (Fsp3) is 0.281. The van der Waals surface area contributed by atoms with Gasteiger partial charge in [0.1, 0.15) is 17.2 Å². The van der Waals surface area contributed by atoms with Crippen LogP contribution in [0.25, 0.3) is 22.0 Å². The normalized spacial score (nSPS) is 17.1. The highest BCUT2D eigenvalue weighted by Crippen LogP contribution is 2.34. The van der Waals surface area contributed by atoms with Gasteiger partial charge in [-0.05, 0) is 66.8 Å². The number of benzene rings is 3. The summed E-state index contributed by atoms with van der Waals surface area (Å²) >= 11 is 6.03. The molecule has 2 unspecified atom stereocenters. The maximum atomic E-state index is 13.8. The number of hydrogen-bond donors (Lipinski definition) is 4. The van der Waals surface area contributed by atoms with Crippen LogP contribution in [-0.2, 0) is 33.6 Å². The molecule has 1 aromatic heterocycles. The quantitative estimate of drug-likeness (QED) is 0.227. The van der Waals surface area contributed by atoms with Crippen molar-refractivity contribution >= 4 is 40.5 Å². The van der Waals surface area contributed by atoms with Crippen LogP contribution < -0.4 is 10.6 Å². The molecule has 2 amide bonds. The number of aliphatic carboxylic acids is 1. The molecule has 0 bridgehead atoms. The van der Waals surface area contributed by atoms with Crippen molar-refractivity contribution < 1.29 is 24.2 Å². The van der Waals surface area contributed by atoms with Gasteiger partial charge in [0.05, 0.1) is 0 Å². The molecule has 0 saturated heterocycles. The maximum absolute atomic E-state index is 13.8. The molecule has 5 rings (SSSR count). The first-order valence-electron chi connectivity index (χ1n) is 13.4. The minimum absolute atomic E-state index is 0.108. The van der Waals surface area contributed by atoms with E-state index in [1.54, 1.807) is 39.1 Å². The van der Waals surface area contributed by atoms with Gasteiger partial charge in [-0.2, -0.15) is 0 Å². The lowest BCUT2D eigenvalue weighted by atomic mass is 9.94. The number of H-pyrrole nitrogens is 1. The number of para-hydroxylation sites is 1. The molecule has 1 heterocycles. The lowest BCUT2D eigenvalue weighted by molar-refractivity contribution is -0.147. The summed E-state index contributed by atoms with van der Waals surface area (Å²) in [5.41, 5.74) is 2.93. The second-order valence-corrected chi connectivity index (χ2v) is 11.9. The van der Waals surface area contributed by atoms with Gasteiger partial charge in [-0.3, -0.25) is 4.79 Å². The number of carboxylic acids is 1. The summed E-state index contributed by atoms with van der Waals surface area (Å²) in [5, 5.41) is 17.4. The molecule has 4 aromatic rings. The van der Waals surface area contributed by atoms with Gasteiger partial charge < -0.3 is 25.5 Å². The highest BCUT2D eigenvalue weighted by molar-refractivity contribution is 6.30. The number of hydrogen-bond acceptors (Lipinski definition) is 4. The molecule has 41 heavy (non-hydrogen) atoms. The van der Waals surface area contributed by atoms with Gasteiger partial charge >= 0.3 is 12.1 Å². The van der Waals surface area contributed by atoms with Gasteiger partial charge in [0.15, 0.2) is 0 Å². The molecule has 4 N–H and O–H groups in total. The average molecular weight is 574 g/mol. The first-order chi connectivity index (χ1) is 19.4. The van der Waals surface area contributed by atoms with Crippen molar-refractivity contribution in [2.75, 3.05) is 0 Å². The van der Waals surface area contributed by atoms with Gasteiger partial charge in [-0.1, -0.05) is 60.1 Å². The first-order valence-corrected chi connectivity index (χ1v) is 13.8. The third-order valence-corrected chi connectivity index (χ3v) is 7.50. The minimum atomic E-state index is -1.56. The van der Waals surface area contributed by atoms with Crippen LogP contribution in [0.3, 0.4) is 0 Å². The molecule has 1 aliphatic carbocycles. The highest BCUT2D eigenvalue weighted by Gasteiger charge is 2.46. The zero-order chi connectivity index (χ0) is 29.4. The fourth-order valence-corrected chi connectivity index (χ4v) is 5.42. The van der Waals surface area contributed by atoms with E-state index in [0.29, 0.717) is 5.02 Å². The van der Waals surface area contributed by atoms with Crippen LogP contribution in [0.5, 0.6) is 0 Å². The van der Waals surface area contributed by atoms with Gasteiger partial charge in [-0.25, -0.2) is 9.59 Å². The number of carbonyl (C=O) groups is 3. The molecule has 1 aliphatic rings. The molecule has 0 spiro atoms. The standard InChI is InChI=1S/C32H32ClN3O5/c1-31(2,3)41-30(40)35-27(15-23-18-34-26-7-5-4-6-25(23)26)28(37)36-32(29(38)39)16-21-9-8-20(14-22(21)17-32)19-10-12-24(33)13-11-19/h4-14,18,27,34H,15-17H2,1-3H3,(H,35,40)(H,36,37)(H,38,39). The van der Waals surface area contributed by atoms with Crippen LogP contribution in [0.4, 0.5) is 4.79 Å². The fourth-order valence-electron chi connectivity index (χ4n) is 5.29. The number of fused-ring (bicyclic) bond motifs is 2. The Morgan fingerprint density at radius 1 is 1.00 bits per heavy atom. The minimum Gasteiger partial charge on any atom is -0.479 e. The lowest BCUT2D eigenvalue weighted by Crippen LogP contribution is -2.60. The summed E-state index contributed by atoms with van der Waals surface area (Å²) < 4.78 is 5.42. The number of carboxylic acid groups (broad SMARTS) is 1. The van der Waals surface area contributed by atoms with Crippen LogP contribution in [0.1, 0.15) is 37.5 Å². The number of halogens is 1. The molecule has 0 aliphatic heterocycles. The number of rotatable bonds is 7. The number of aromatic amines is 1. The van der Waals surface area contributed by atoms with Crippen molar-refractivity contribution in [2.24, 2.45) is 0 Å². The zero-order valence-electron chi connectivity index (χ0n) is 23.1. The third kappa shape index (κ3) is 6.23. The van der Waals surface area contributed by atoms with Crippen molar-refractivity contribution in [3.63, 3.8) is 0 Å². The Kier molecular flexibility index (Phi) is 7.53. The van der Waals surface area contributed by atoms with E-state index in [0.717, 1.165) is 38.7 Å². The predicted molar refractivity (Wildman–Crippen MR) is 158 cm³/mol. The van der Waals surface area contributed by atoms with E-state index in [-0.39, 0.29) is 19.3 Å². The van der Waals surface area contributed by atoms with Crippen molar-refractivity contribution in [1.82, 2.24) is 15.6 Å². The van der Waals surface area contributed by atoms with Crippen LogP contribution >= 0.6 is 11.6 Å². The van der Waals surface area contributed by atoms with Crippen molar-refractivity contribution in [3.8, 4) is 11.1 Å². The van der Waals surface area contributed by atoms with Crippen LogP contribution in [0.15, 0.2) is 72.9 Å². The van der Waals surface area contributed by atoms with E-state index in [2.05, 4.69) is 15.6 Å². The van der Waals surface area contributed by atoms with E-state index in [9.17, 15) is 19.5 Å². The van der Waals surface area contributed by atoms with Crippen LogP contribution in [0, 0.1) is 0 Å². The molecule has 0 saturated carbocycles. The van der Waals surface area contributed by atoms with Gasteiger partial charge in [0, 0.05) is 41.4 Å². The largest absolute Gasteiger partial charge is 0.479 e. The van der Waals surface area contributed by atoms with E-state index < -0.39 is 35.2 Å². The summed E-state index contributed by atoms with van der Waals surface area (Å²) in [6.07, 6.45) is 1.40. The lowest BCUT2D eigenvalue weighted by Gasteiger charge is -2.29. The third-order valence-electron chi connectivity index (χ3n) is 7.25. The first kappa shape index (κ1) is 28.2. The van der Waals surface area contributed by atoms with Crippen molar-refractivity contribution in [1.29, 1.82) is 0 Å². The van der Waals surface area contributed by atoms with Gasteiger partial charge in [-0.15, -0.1) is 0 Å². The maximum Gasteiger partial charge on any atom is 0.408 e. The number of alkyl carbamates (subject to hydrolysis) is 1. The molecule has 2 atom stereocenters. The molecular weight excluding hydrogens is 542 g/mol. The van der Waals surface area contributed by atoms with E-state index >= 15 is 0 Å². The summed E-state index contributed by atoms with van der Waals surface area (Å²) in [6.45, 7) is 5.19. The number of nitrogens with one attached hydrogen (secondary N) is 3. The average Bonchev–Trinajstić information content (AvgIpc) is 3.49. The summed E-state index contributed by atoms with van der Waals surface area (Å²) in [6, 6.07) is 19.8. The molecule has 212 valence electrons. The zero-order valence-corrected chi connectivity index (χ0v) is 23.8. The van der Waals surface area contributed by atoms with Gasteiger partial charge in [0.25, 0.3) is 0 Å². The monoisotopic (exact) mass is 573 g/mol. The van der Waals surface area contributed by atoms with Crippen molar-refractivity contribution in [3.05, 3.63) is 94.6 Å². The number of amides is 2. The van der Waals surface area contributed by atoms with Crippen LogP contribution in [-0.4, -0.2) is 45.2 Å². The second-order valence-electron chi connectivity index (χ2n) is 11.5. The van der Waals surface area contributed by atoms with E-state index in [4.69, 9.17) is 16.3 Å². The Morgan fingerprint density at radius 2 is 1.68 bits per heavy atom. The Hall–Kier alpha value is -4.30. The van der Waals surface area contributed by atoms with E-state index in [1.165, 1.54) is 0 Å². The summed E-state index contributed by atoms with van der Waals surface area (Å²) in [4.78, 5) is 42.4. The highest BCUT2D eigenvalue weighted by atomic mass is 35.5. The van der Waals surface area contributed by atoms with E-state index in [1.807, 2.05) is 54.6 Å². The van der Waals surface area contributed by atoms with Crippen LogP contribution in [0.2, 0.25) is 5.02 Å². The molecule has 3 aromatic carbocycles. The summed E-state index contributed by atoms with van der Waals surface area (Å²) in [7, 11) is 0. The SMILES string of the molecule is CC(C)(C)OC(=O)NC(Cc1c[nH]c2ccccc12)C(=O)NC1(C(=O)O)Cc2ccc(-c3ccc(Cl)cc3)cc2C1. The van der Waals surface area contributed by atoms with Crippen molar-refractivity contribution in [2.45, 2.75) is 57.2 Å². The number of carbonyl (C=O) groups excluding carboxylic acids is 2. The Bertz CT molecular complexity index is 1620. The Balaban J connectivity index is 1.41. The Labute approximate surface area is 243 Å².